The predicted molar refractivity (Wildman–Crippen MR) is 81.8 cm³/mol. The number of thiophene rings is 1. The summed E-state index contributed by atoms with van der Waals surface area (Å²) < 4.78 is 41.9. The lowest BCUT2D eigenvalue weighted by atomic mass is 10.1. The van der Waals surface area contributed by atoms with Crippen LogP contribution in [0.5, 0.6) is 0 Å². The lowest BCUT2D eigenvalue weighted by Crippen LogP contribution is -2.06. The third kappa shape index (κ3) is 4.02. The molecule has 1 aromatic heterocycles. The Kier molecular flexibility index (Phi) is 5.08. The van der Waals surface area contributed by atoms with E-state index in [9.17, 15) is 27.9 Å². The molecule has 1 aromatic carbocycles. The number of carbonyl (C=O) groups is 2. The van der Waals surface area contributed by atoms with Crippen molar-refractivity contribution < 1.29 is 32.6 Å². The van der Waals surface area contributed by atoms with Crippen LogP contribution in [-0.4, -0.2) is 24.0 Å². The molecular formula is C16H11F3O4S. The van der Waals surface area contributed by atoms with Gasteiger partial charge in [0.15, 0.2) is 5.78 Å². The third-order valence-corrected chi connectivity index (χ3v) is 4.16. The molecule has 126 valence electrons. The normalized spacial score (nSPS) is 12.1. The average molecular weight is 356 g/mol. The van der Waals surface area contributed by atoms with Crippen molar-refractivity contribution in [2.24, 2.45) is 0 Å². The number of allylic oxidation sites excluding steroid dienone is 1. The summed E-state index contributed by atoms with van der Waals surface area (Å²) in [6.45, 7) is 0. The molecule has 2 aromatic rings. The molecule has 2 rings (SSSR count). The monoisotopic (exact) mass is 356 g/mol. The summed E-state index contributed by atoms with van der Waals surface area (Å²) in [7, 11) is 1.06. The van der Waals surface area contributed by atoms with Gasteiger partial charge in [0.25, 0.3) is 0 Å². The van der Waals surface area contributed by atoms with E-state index in [0.717, 1.165) is 36.7 Å². The minimum absolute atomic E-state index is 0.223. The highest BCUT2D eigenvalue weighted by Crippen LogP contribution is 2.33. The summed E-state index contributed by atoms with van der Waals surface area (Å²) in [5.74, 6) is -2.48. The van der Waals surface area contributed by atoms with Gasteiger partial charge < -0.3 is 9.84 Å². The molecule has 0 unspecified atom stereocenters. The van der Waals surface area contributed by atoms with E-state index in [4.69, 9.17) is 0 Å². The largest absolute Gasteiger partial charge is 0.502 e. The summed E-state index contributed by atoms with van der Waals surface area (Å²) in [6, 6.07) is 7.57. The molecule has 0 aliphatic rings. The van der Waals surface area contributed by atoms with Gasteiger partial charge in [-0.25, -0.2) is 4.79 Å². The lowest BCUT2D eigenvalue weighted by molar-refractivity contribution is -0.139. The number of rotatable bonds is 4. The maximum absolute atomic E-state index is 12.5. The van der Waals surface area contributed by atoms with Crippen LogP contribution in [0, 0.1) is 0 Å². The van der Waals surface area contributed by atoms with Gasteiger partial charge in [0.05, 0.1) is 17.6 Å². The van der Waals surface area contributed by atoms with Crippen molar-refractivity contribution in [1.29, 1.82) is 0 Å². The average Bonchev–Trinajstić information content (AvgIpc) is 3.03. The van der Waals surface area contributed by atoms with Crippen molar-refractivity contribution in [2.75, 3.05) is 7.11 Å². The zero-order valence-corrected chi connectivity index (χ0v) is 13.1. The number of carbonyl (C=O) groups excluding carboxylic acids is 2. The Hall–Kier alpha value is -2.61. The van der Waals surface area contributed by atoms with E-state index in [-0.39, 0.29) is 4.88 Å². The SMILES string of the molecule is COC(=O)C(O)=CC(=O)c1ccc(-c2ccc(C(F)(F)F)cc2)s1. The van der Waals surface area contributed by atoms with Crippen molar-refractivity contribution in [1.82, 2.24) is 0 Å². The molecule has 0 bridgehead atoms. The third-order valence-electron chi connectivity index (χ3n) is 3.01. The zero-order valence-electron chi connectivity index (χ0n) is 12.3. The summed E-state index contributed by atoms with van der Waals surface area (Å²) in [6.07, 6.45) is -3.68. The fraction of sp³-hybridized carbons (Fsp3) is 0.125. The summed E-state index contributed by atoms with van der Waals surface area (Å²) in [5.41, 5.74) is -0.238. The summed E-state index contributed by atoms with van der Waals surface area (Å²) >= 11 is 1.03. The molecule has 1 heterocycles. The van der Waals surface area contributed by atoms with Gasteiger partial charge in [-0.1, -0.05) is 12.1 Å². The molecule has 0 saturated heterocycles. The second kappa shape index (κ2) is 6.88. The molecule has 0 spiro atoms. The first-order chi connectivity index (χ1) is 11.2. The van der Waals surface area contributed by atoms with Crippen LogP contribution in [0.3, 0.4) is 0 Å². The molecule has 0 aliphatic heterocycles. The fourth-order valence-corrected chi connectivity index (χ4v) is 2.73. The Morgan fingerprint density at radius 1 is 1.12 bits per heavy atom. The van der Waals surface area contributed by atoms with Crippen LogP contribution in [0.2, 0.25) is 0 Å². The number of hydrogen-bond donors (Lipinski definition) is 1. The Labute approximate surface area is 138 Å². The van der Waals surface area contributed by atoms with E-state index < -0.39 is 29.3 Å². The van der Waals surface area contributed by atoms with Gasteiger partial charge in [0.2, 0.25) is 5.76 Å². The fourth-order valence-electron chi connectivity index (χ4n) is 1.81. The van der Waals surface area contributed by atoms with E-state index in [0.29, 0.717) is 10.4 Å². The van der Waals surface area contributed by atoms with Crippen LogP contribution in [0.1, 0.15) is 15.2 Å². The van der Waals surface area contributed by atoms with Crippen molar-refractivity contribution in [3.63, 3.8) is 0 Å². The highest BCUT2D eigenvalue weighted by Gasteiger charge is 2.30. The van der Waals surface area contributed by atoms with Crippen LogP contribution < -0.4 is 0 Å². The van der Waals surface area contributed by atoms with E-state index in [1.54, 1.807) is 6.07 Å². The number of methoxy groups -OCH3 is 1. The van der Waals surface area contributed by atoms with Gasteiger partial charge >= 0.3 is 12.1 Å². The smallest absolute Gasteiger partial charge is 0.416 e. The number of esters is 1. The van der Waals surface area contributed by atoms with Crippen LogP contribution in [0.4, 0.5) is 13.2 Å². The quantitative estimate of drug-likeness (QED) is 0.385. The standard InChI is InChI=1S/C16H11F3O4S/c1-23-15(22)12(21)8-11(20)14-7-6-13(24-14)9-2-4-10(5-3-9)16(17,18)19/h2-8,21H,1H3. The maximum atomic E-state index is 12.5. The highest BCUT2D eigenvalue weighted by atomic mass is 32.1. The predicted octanol–water partition coefficient (Wildman–Crippen LogP) is 4.23. The maximum Gasteiger partial charge on any atom is 0.416 e. The number of alkyl halides is 3. The van der Waals surface area contributed by atoms with E-state index in [1.165, 1.54) is 18.2 Å². The van der Waals surface area contributed by atoms with Gasteiger partial charge in [-0.05, 0) is 29.8 Å². The molecule has 8 heteroatoms. The Morgan fingerprint density at radius 2 is 1.75 bits per heavy atom. The van der Waals surface area contributed by atoms with Crippen molar-refractivity contribution in [2.45, 2.75) is 6.18 Å². The van der Waals surface area contributed by atoms with Gasteiger partial charge in [-0.15, -0.1) is 11.3 Å². The van der Waals surface area contributed by atoms with Gasteiger partial charge in [0, 0.05) is 11.0 Å². The van der Waals surface area contributed by atoms with Gasteiger partial charge in [-0.3, -0.25) is 4.79 Å². The van der Waals surface area contributed by atoms with Crippen molar-refractivity contribution >= 4 is 23.1 Å². The van der Waals surface area contributed by atoms with Crippen LogP contribution in [0.25, 0.3) is 10.4 Å². The van der Waals surface area contributed by atoms with Gasteiger partial charge in [0.1, 0.15) is 0 Å². The molecule has 0 radical (unpaired) electrons. The zero-order chi connectivity index (χ0) is 17.9. The number of aliphatic hydroxyl groups is 1. The topological polar surface area (TPSA) is 63.6 Å². The molecule has 0 saturated carbocycles. The first-order valence-corrected chi connectivity index (χ1v) is 7.35. The molecule has 24 heavy (non-hydrogen) atoms. The second-order valence-corrected chi connectivity index (χ2v) is 5.71. The van der Waals surface area contributed by atoms with Crippen molar-refractivity contribution in [3.8, 4) is 10.4 Å². The number of halogens is 3. The molecule has 1 N–H and O–H groups in total. The molecule has 4 nitrogen and oxygen atoms in total. The minimum atomic E-state index is -4.41. The first-order valence-electron chi connectivity index (χ1n) is 6.53. The Balaban J connectivity index is 2.22. The number of aliphatic hydroxyl groups excluding tert-OH is 1. The van der Waals surface area contributed by atoms with Gasteiger partial charge in [-0.2, -0.15) is 13.2 Å². The Bertz CT molecular complexity index is 788. The Morgan fingerprint density at radius 3 is 2.29 bits per heavy atom. The van der Waals surface area contributed by atoms with Crippen LogP contribution in [-0.2, 0) is 15.7 Å². The van der Waals surface area contributed by atoms with Crippen LogP contribution >= 0.6 is 11.3 Å². The molecule has 0 amide bonds. The molecule has 0 fully saturated rings. The number of ether oxygens (including phenoxy) is 1. The number of ketones is 1. The molecular weight excluding hydrogens is 345 g/mol. The number of benzene rings is 1. The minimum Gasteiger partial charge on any atom is -0.502 e. The molecule has 0 aliphatic carbocycles. The lowest BCUT2D eigenvalue weighted by Gasteiger charge is -2.06. The van der Waals surface area contributed by atoms with Crippen molar-refractivity contribution in [3.05, 3.63) is 58.7 Å². The number of hydrogen-bond acceptors (Lipinski definition) is 5. The van der Waals surface area contributed by atoms with E-state index >= 15 is 0 Å². The van der Waals surface area contributed by atoms with E-state index in [1.807, 2.05) is 0 Å². The first kappa shape index (κ1) is 17.7. The summed E-state index contributed by atoms with van der Waals surface area (Å²) in [5, 5.41) is 9.34. The highest BCUT2D eigenvalue weighted by molar-refractivity contribution is 7.17. The summed E-state index contributed by atoms with van der Waals surface area (Å²) in [4.78, 5) is 23.8. The van der Waals surface area contributed by atoms with Crippen LogP contribution in [0.15, 0.2) is 48.2 Å². The second-order valence-electron chi connectivity index (χ2n) is 4.62. The molecule has 0 atom stereocenters. The van der Waals surface area contributed by atoms with E-state index in [2.05, 4.69) is 4.74 Å².